The molecule has 1 aromatic carbocycles. The molecular weight excluding hydrogens is 292 g/mol. The molecule has 2 N–H and O–H groups in total. The fourth-order valence-corrected chi connectivity index (χ4v) is 1.93. The highest BCUT2D eigenvalue weighted by Crippen LogP contribution is 2.22. The summed E-state index contributed by atoms with van der Waals surface area (Å²) >= 11 is 6.03. The highest BCUT2D eigenvalue weighted by atomic mass is 35.5. The number of aliphatic hydroxyl groups is 1. The Kier molecular flexibility index (Phi) is 5.14. The van der Waals surface area contributed by atoms with Gasteiger partial charge in [-0.1, -0.05) is 17.7 Å². The molecule has 0 bridgehead atoms. The van der Waals surface area contributed by atoms with Crippen molar-refractivity contribution in [3.63, 3.8) is 0 Å². The number of aryl methyl sites for hydroxylation is 1. The lowest BCUT2D eigenvalue weighted by molar-refractivity contribution is -0.118. The van der Waals surface area contributed by atoms with Gasteiger partial charge in [0, 0.05) is 0 Å². The molecule has 0 aliphatic rings. The molecule has 0 aliphatic heterocycles. The van der Waals surface area contributed by atoms with Crippen LogP contribution in [0.15, 0.2) is 36.5 Å². The Labute approximate surface area is 127 Å². The summed E-state index contributed by atoms with van der Waals surface area (Å²) in [6, 6.07) is 8.65. The van der Waals surface area contributed by atoms with Crippen LogP contribution >= 0.6 is 11.6 Å². The zero-order valence-corrected chi connectivity index (χ0v) is 12.2. The summed E-state index contributed by atoms with van der Waals surface area (Å²) < 4.78 is 5.30. The molecule has 1 heterocycles. The van der Waals surface area contributed by atoms with E-state index in [0.717, 1.165) is 5.56 Å². The molecule has 21 heavy (non-hydrogen) atoms. The van der Waals surface area contributed by atoms with Crippen molar-refractivity contribution in [1.29, 1.82) is 0 Å². The largest absolute Gasteiger partial charge is 0.482 e. The quantitative estimate of drug-likeness (QED) is 0.890. The average molecular weight is 307 g/mol. The minimum Gasteiger partial charge on any atom is -0.482 e. The number of rotatable bonds is 5. The van der Waals surface area contributed by atoms with Crippen LogP contribution in [0, 0.1) is 6.92 Å². The number of carbonyl (C=O) groups is 1. The Hall–Kier alpha value is -2.11. The molecule has 1 aromatic heterocycles. The lowest BCUT2D eigenvalue weighted by atomic mass is 10.2. The van der Waals surface area contributed by atoms with Gasteiger partial charge in [0.2, 0.25) is 0 Å². The third-order valence-corrected chi connectivity index (χ3v) is 3.04. The molecule has 0 atom stereocenters. The topological polar surface area (TPSA) is 71.5 Å². The second-order valence-corrected chi connectivity index (χ2v) is 4.87. The molecule has 6 heteroatoms. The van der Waals surface area contributed by atoms with E-state index in [1.807, 2.05) is 13.0 Å². The Morgan fingerprint density at radius 2 is 2.19 bits per heavy atom. The van der Waals surface area contributed by atoms with Gasteiger partial charge in [-0.25, -0.2) is 0 Å². The molecule has 110 valence electrons. The Bertz CT molecular complexity index is 629. The van der Waals surface area contributed by atoms with Gasteiger partial charge in [-0.3, -0.25) is 9.78 Å². The maximum absolute atomic E-state index is 11.8. The molecular formula is C15H15ClN2O3. The summed E-state index contributed by atoms with van der Waals surface area (Å²) in [5.74, 6) is 0.143. The van der Waals surface area contributed by atoms with Crippen molar-refractivity contribution in [2.45, 2.75) is 13.5 Å². The van der Waals surface area contributed by atoms with Crippen molar-refractivity contribution in [2.24, 2.45) is 0 Å². The number of hydrogen-bond donors (Lipinski definition) is 2. The monoisotopic (exact) mass is 306 g/mol. The van der Waals surface area contributed by atoms with Gasteiger partial charge in [0.15, 0.2) is 6.61 Å². The smallest absolute Gasteiger partial charge is 0.262 e. The predicted molar refractivity (Wildman–Crippen MR) is 80.5 cm³/mol. The third-order valence-electron chi connectivity index (χ3n) is 2.73. The molecule has 0 aliphatic carbocycles. The molecule has 2 rings (SSSR count). The number of pyridine rings is 1. The summed E-state index contributed by atoms with van der Waals surface area (Å²) in [5, 5.41) is 12.0. The highest BCUT2D eigenvalue weighted by Gasteiger charge is 2.07. The first kappa shape index (κ1) is 15.3. The number of hydrogen-bond acceptors (Lipinski definition) is 4. The van der Waals surface area contributed by atoms with E-state index in [9.17, 15) is 4.79 Å². The maximum Gasteiger partial charge on any atom is 0.262 e. The van der Waals surface area contributed by atoms with Crippen molar-refractivity contribution in [3.8, 4) is 5.75 Å². The van der Waals surface area contributed by atoms with E-state index in [4.69, 9.17) is 21.4 Å². The number of carbonyl (C=O) groups excluding carboxylic acids is 1. The summed E-state index contributed by atoms with van der Waals surface area (Å²) in [6.45, 7) is 1.64. The fourth-order valence-electron chi connectivity index (χ4n) is 1.65. The number of anilines is 1. The number of halogens is 1. The van der Waals surface area contributed by atoms with Crippen molar-refractivity contribution >= 4 is 23.2 Å². The maximum atomic E-state index is 11.8. The number of aromatic nitrogens is 1. The summed E-state index contributed by atoms with van der Waals surface area (Å²) in [6.07, 6.45) is 1.46. The number of aliphatic hydroxyl groups excluding tert-OH is 1. The lowest BCUT2D eigenvalue weighted by Gasteiger charge is -2.09. The molecule has 0 saturated heterocycles. The van der Waals surface area contributed by atoms with Crippen molar-refractivity contribution in [2.75, 3.05) is 11.9 Å². The van der Waals surface area contributed by atoms with Crippen LogP contribution in [0.5, 0.6) is 5.75 Å². The fraction of sp³-hybridized carbons (Fsp3) is 0.200. The van der Waals surface area contributed by atoms with E-state index >= 15 is 0 Å². The highest BCUT2D eigenvalue weighted by molar-refractivity contribution is 6.33. The van der Waals surface area contributed by atoms with Crippen LogP contribution < -0.4 is 10.1 Å². The van der Waals surface area contributed by atoms with Gasteiger partial charge in [0.25, 0.3) is 5.91 Å². The Morgan fingerprint density at radius 1 is 1.38 bits per heavy atom. The molecule has 0 radical (unpaired) electrons. The zero-order valence-electron chi connectivity index (χ0n) is 11.5. The van der Waals surface area contributed by atoms with Crippen LogP contribution in [-0.4, -0.2) is 22.6 Å². The zero-order chi connectivity index (χ0) is 15.2. The molecule has 1 amide bonds. The van der Waals surface area contributed by atoms with Crippen LogP contribution in [0.1, 0.15) is 11.3 Å². The Balaban J connectivity index is 1.89. The lowest BCUT2D eigenvalue weighted by Crippen LogP contribution is -2.20. The minimum absolute atomic E-state index is 0.132. The Morgan fingerprint density at radius 3 is 2.81 bits per heavy atom. The first-order valence-corrected chi connectivity index (χ1v) is 6.71. The number of benzene rings is 1. The molecule has 5 nitrogen and oxygen atoms in total. The van der Waals surface area contributed by atoms with E-state index < -0.39 is 0 Å². The van der Waals surface area contributed by atoms with Crippen molar-refractivity contribution in [1.82, 2.24) is 4.98 Å². The standard InChI is InChI=1S/C15H15ClN2O3/c1-10-2-5-14(13(16)6-10)18-15(20)9-21-12-4-3-11(8-19)17-7-12/h2-7,19H,8-9H2,1H3,(H,18,20). The van der Waals surface area contributed by atoms with Crippen LogP contribution in [0.2, 0.25) is 5.02 Å². The third kappa shape index (κ3) is 4.44. The first-order valence-electron chi connectivity index (χ1n) is 6.33. The van der Waals surface area contributed by atoms with Gasteiger partial charge in [-0.2, -0.15) is 0 Å². The SMILES string of the molecule is Cc1ccc(NC(=O)COc2ccc(CO)nc2)c(Cl)c1. The summed E-state index contributed by atoms with van der Waals surface area (Å²) in [7, 11) is 0. The summed E-state index contributed by atoms with van der Waals surface area (Å²) in [5.41, 5.74) is 2.10. The van der Waals surface area contributed by atoms with E-state index in [0.29, 0.717) is 22.2 Å². The number of amides is 1. The van der Waals surface area contributed by atoms with E-state index in [1.54, 1.807) is 24.3 Å². The van der Waals surface area contributed by atoms with Gasteiger partial charge < -0.3 is 15.2 Å². The minimum atomic E-state index is -0.313. The van der Waals surface area contributed by atoms with Gasteiger partial charge in [-0.15, -0.1) is 0 Å². The number of nitrogens with one attached hydrogen (secondary N) is 1. The van der Waals surface area contributed by atoms with E-state index in [1.165, 1.54) is 6.20 Å². The molecule has 0 fully saturated rings. The van der Waals surface area contributed by atoms with Gasteiger partial charge >= 0.3 is 0 Å². The van der Waals surface area contributed by atoms with Crippen LogP contribution in [0.4, 0.5) is 5.69 Å². The second kappa shape index (κ2) is 7.06. The normalized spacial score (nSPS) is 10.2. The van der Waals surface area contributed by atoms with Gasteiger partial charge in [0.1, 0.15) is 5.75 Å². The van der Waals surface area contributed by atoms with Crippen LogP contribution in [0.3, 0.4) is 0 Å². The number of nitrogens with zero attached hydrogens (tertiary/aromatic N) is 1. The first-order chi connectivity index (χ1) is 10.1. The van der Waals surface area contributed by atoms with Crippen LogP contribution in [0.25, 0.3) is 0 Å². The molecule has 2 aromatic rings. The van der Waals surface area contributed by atoms with E-state index in [-0.39, 0.29) is 19.1 Å². The molecule has 0 saturated carbocycles. The number of ether oxygens (including phenoxy) is 1. The molecule has 0 unspecified atom stereocenters. The van der Waals surface area contributed by atoms with Crippen molar-refractivity contribution < 1.29 is 14.6 Å². The molecule has 0 spiro atoms. The summed E-state index contributed by atoms with van der Waals surface area (Å²) in [4.78, 5) is 15.7. The van der Waals surface area contributed by atoms with Crippen molar-refractivity contribution in [3.05, 3.63) is 52.8 Å². The van der Waals surface area contributed by atoms with Gasteiger partial charge in [-0.05, 0) is 36.8 Å². The predicted octanol–water partition coefficient (Wildman–Crippen LogP) is 2.55. The average Bonchev–Trinajstić information content (AvgIpc) is 2.48. The van der Waals surface area contributed by atoms with Gasteiger partial charge in [0.05, 0.1) is 29.2 Å². The van der Waals surface area contributed by atoms with Crippen LogP contribution in [-0.2, 0) is 11.4 Å². The second-order valence-electron chi connectivity index (χ2n) is 4.46. The van der Waals surface area contributed by atoms with E-state index in [2.05, 4.69) is 10.3 Å².